The molecule has 0 spiro atoms. The normalized spacial score (nSPS) is 16.8. The van der Waals surface area contributed by atoms with Crippen LogP contribution in [-0.2, 0) is 9.53 Å². The number of nitrogens with zero attached hydrogens (tertiary/aromatic N) is 3. The molecule has 8 heteroatoms. The number of ether oxygens (including phenoxy) is 1. The maximum atomic E-state index is 13.0. The molecule has 7 nitrogen and oxygen atoms in total. The monoisotopic (exact) mass is 424 g/mol. The number of aromatic nitrogens is 1. The van der Waals surface area contributed by atoms with Crippen LogP contribution in [-0.4, -0.2) is 60.2 Å². The van der Waals surface area contributed by atoms with Crippen LogP contribution in [0.25, 0.3) is 0 Å². The lowest BCUT2D eigenvalue weighted by Crippen LogP contribution is -2.49. The Hall–Kier alpha value is -3.00. The van der Waals surface area contributed by atoms with E-state index in [0.717, 1.165) is 24.7 Å². The Morgan fingerprint density at radius 1 is 1.10 bits per heavy atom. The quantitative estimate of drug-likeness (QED) is 0.813. The molecule has 2 aromatic rings. The Kier molecular flexibility index (Phi) is 6.23. The molecule has 2 aliphatic rings. The van der Waals surface area contributed by atoms with Gasteiger partial charge in [0, 0.05) is 49.4 Å². The van der Waals surface area contributed by atoms with E-state index in [1.54, 1.807) is 37.4 Å². The number of rotatable bonds is 4. The number of allylic oxidation sites excluding steroid dienone is 1. The molecule has 0 saturated carbocycles. The van der Waals surface area contributed by atoms with Gasteiger partial charge >= 0.3 is 0 Å². The van der Waals surface area contributed by atoms with Crippen molar-refractivity contribution in [2.45, 2.75) is 6.92 Å². The molecule has 0 bridgehead atoms. The number of pyridine rings is 1. The van der Waals surface area contributed by atoms with Gasteiger partial charge in [0.15, 0.2) is 0 Å². The van der Waals surface area contributed by atoms with Gasteiger partial charge in [-0.25, -0.2) is 4.98 Å². The first-order valence-corrected chi connectivity index (χ1v) is 10.9. The number of benzene rings is 1. The smallest absolute Gasteiger partial charge is 0.265 e. The van der Waals surface area contributed by atoms with Gasteiger partial charge in [-0.15, -0.1) is 11.8 Å². The van der Waals surface area contributed by atoms with E-state index in [9.17, 15) is 9.59 Å². The van der Waals surface area contributed by atoms with Crippen LogP contribution in [0.1, 0.15) is 17.3 Å². The second kappa shape index (κ2) is 9.21. The largest absolute Gasteiger partial charge is 0.496 e. The lowest BCUT2D eigenvalue weighted by Gasteiger charge is -2.35. The summed E-state index contributed by atoms with van der Waals surface area (Å²) < 4.78 is 5.46. The molecule has 156 valence electrons. The molecule has 0 unspecified atom stereocenters. The van der Waals surface area contributed by atoms with Gasteiger partial charge in [-0.1, -0.05) is 12.1 Å². The van der Waals surface area contributed by atoms with Crippen LogP contribution in [0.15, 0.2) is 59.3 Å². The van der Waals surface area contributed by atoms with Crippen molar-refractivity contribution in [3.63, 3.8) is 0 Å². The maximum absolute atomic E-state index is 13.0. The minimum absolute atomic E-state index is 0.0301. The Morgan fingerprint density at radius 3 is 2.67 bits per heavy atom. The molecule has 3 heterocycles. The Morgan fingerprint density at radius 2 is 1.93 bits per heavy atom. The average Bonchev–Trinajstić information content (AvgIpc) is 2.80. The summed E-state index contributed by atoms with van der Waals surface area (Å²) in [7, 11) is 0. The minimum Gasteiger partial charge on any atom is -0.496 e. The number of nitrogens with one attached hydrogen (secondary N) is 1. The predicted molar refractivity (Wildman–Crippen MR) is 119 cm³/mol. The van der Waals surface area contributed by atoms with E-state index >= 15 is 0 Å². The lowest BCUT2D eigenvalue weighted by molar-refractivity contribution is -0.112. The zero-order valence-electron chi connectivity index (χ0n) is 16.8. The highest BCUT2D eigenvalue weighted by Gasteiger charge is 2.23. The molecule has 0 radical (unpaired) electrons. The van der Waals surface area contributed by atoms with Gasteiger partial charge in [0.2, 0.25) is 0 Å². The Balaban J connectivity index is 1.39. The molecule has 1 saturated heterocycles. The number of piperazine rings is 1. The van der Waals surface area contributed by atoms with Crippen LogP contribution < -0.4 is 10.2 Å². The van der Waals surface area contributed by atoms with Gasteiger partial charge in [-0.05, 0) is 37.3 Å². The van der Waals surface area contributed by atoms with Gasteiger partial charge in [0.25, 0.3) is 11.8 Å². The summed E-state index contributed by atoms with van der Waals surface area (Å²) in [5, 5.41) is 2.88. The van der Waals surface area contributed by atoms with E-state index in [-0.39, 0.29) is 11.8 Å². The molecule has 4 rings (SSSR count). The first-order chi connectivity index (χ1) is 14.6. The molecule has 2 aliphatic heterocycles. The van der Waals surface area contributed by atoms with E-state index in [2.05, 4.69) is 15.2 Å². The highest BCUT2D eigenvalue weighted by molar-refractivity contribution is 8.04. The fourth-order valence-corrected chi connectivity index (χ4v) is 4.33. The van der Waals surface area contributed by atoms with E-state index in [1.165, 1.54) is 11.8 Å². The first-order valence-electron chi connectivity index (χ1n) is 9.95. The average molecular weight is 425 g/mol. The van der Waals surface area contributed by atoms with E-state index in [4.69, 9.17) is 4.74 Å². The summed E-state index contributed by atoms with van der Waals surface area (Å²) in [5.41, 5.74) is 1.17. The Bertz CT molecular complexity index is 956. The molecule has 0 atom stereocenters. The van der Waals surface area contributed by atoms with Crippen molar-refractivity contribution in [2.24, 2.45) is 0 Å². The van der Waals surface area contributed by atoms with Gasteiger partial charge in [0.1, 0.15) is 16.5 Å². The molecule has 1 aromatic carbocycles. The number of hydrogen-bond acceptors (Lipinski definition) is 6. The fourth-order valence-electron chi connectivity index (χ4n) is 3.51. The number of anilines is 2. The van der Waals surface area contributed by atoms with Crippen molar-refractivity contribution >= 4 is 35.1 Å². The molecular formula is C22H24N4O3S. The molecule has 2 amide bonds. The molecule has 1 fully saturated rings. The second-order valence-corrected chi connectivity index (χ2v) is 8.19. The highest BCUT2D eigenvalue weighted by atomic mass is 32.2. The van der Waals surface area contributed by atoms with Crippen LogP contribution in [0.2, 0.25) is 0 Å². The van der Waals surface area contributed by atoms with Crippen LogP contribution >= 0.6 is 11.8 Å². The predicted octanol–water partition coefficient (Wildman–Crippen LogP) is 2.98. The number of carbonyl (C=O) groups excluding carboxylic acids is 2. The summed E-state index contributed by atoms with van der Waals surface area (Å²) >= 11 is 1.49. The summed E-state index contributed by atoms with van der Waals surface area (Å²) in [6.07, 6.45) is 1.78. The number of hydrogen-bond donors (Lipinski definition) is 1. The molecular weight excluding hydrogens is 400 g/mol. The molecule has 1 aromatic heterocycles. The summed E-state index contributed by atoms with van der Waals surface area (Å²) in [5.74, 6) is 2.09. The van der Waals surface area contributed by atoms with Crippen LogP contribution in [0.4, 0.5) is 11.5 Å². The number of amides is 2. The fraction of sp³-hybridized carbons (Fsp3) is 0.318. The van der Waals surface area contributed by atoms with Crippen molar-refractivity contribution in [1.82, 2.24) is 9.88 Å². The van der Waals surface area contributed by atoms with Crippen LogP contribution in [0.3, 0.4) is 0 Å². The van der Waals surface area contributed by atoms with Gasteiger partial charge in [-0.2, -0.15) is 0 Å². The summed E-state index contributed by atoms with van der Waals surface area (Å²) in [6, 6.07) is 12.9. The minimum atomic E-state index is -0.203. The van der Waals surface area contributed by atoms with E-state index < -0.39 is 0 Å². The zero-order valence-corrected chi connectivity index (χ0v) is 17.7. The second-order valence-electron chi connectivity index (χ2n) is 7.08. The van der Waals surface area contributed by atoms with Crippen molar-refractivity contribution in [2.75, 3.05) is 48.8 Å². The van der Waals surface area contributed by atoms with Gasteiger partial charge in [0.05, 0.1) is 6.61 Å². The van der Waals surface area contributed by atoms with E-state index in [1.807, 2.05) is 23.1 Å². The van der Waals surface area contributed by atoms with Crippen molar-refractivity contribution in [3.05, 3.63) is 64.9 Å². The third-order valence-electron chi connectivity index (χ3n) is 5.08. The summed E-state index contributed by atoms with van der Waals surface area (Å²) in [4.78, 5) is 34.5. The van der Waals surface area contributed by atoms with Gasteiger partial charge < -0.3 is 19.9 Å². The van der Waals surface area contributed by atoms with Crippen molar-refractivity contribution < 1.29 is 14.3 Å². The third kappa shape index (κ3) is 4.59. The molecule has 0 aliphatic carbocycles. The van der Waals surface area contributed by atoms with Gasteiger partial charge in [-0.3, -0.25) is 9.59 Å². The lowest BCUT2D eigenvalue weighted by atomic mass is 10.1. The summed E-state index contributed by atoms with van der Waals surface area (Å²) in [6.45, 7) is 5.16. The maximum Gasteiger partial charge on any atom is 0.265 e. The van der Waals surface area contributed by atoms with Crippen LogP contribution in [0.5, 0.6) is 0 Å². The topological polar surface area (TPSA) is 74.8 Å². The third-order valence-corrected chi connectivity index (χ3v) is 6.21. The number of carbonyl (C=O) groups is 2. The SMILES string of the molecule is CC1=C(C(=O)Nc2cccc(C(=O)N3CCN(c4ccccn4)CC3)c2)SCCO1. The molecule has 1 N–H and O–H groups in total. The van der Waals surface area contributed by atoms with Crippen LogP contribution in [0, 0.1) is 0 Å². The standard InChI is InChI=1S/C22H24N4O3S/c1-16-20(30-14-13-29-16)21(27)24-18-6-4-5-17(15-18)22(28)26-11-9-25(10-12-26)19-7-2-3-8-23-19/h2-8,15H,9-14H2,1H3,(H,24,27). The first kappa shape index (κ1) is 20.3. The van der Waals surface area contributed by atoms with Crippen molar-refractivity contribution in [3.8, 4) is 0 Å². The highest BCUT2D eigenvalue weighted by Crippen LogP contribution is 2.27. The van der Waals surface area contributed by atoms with Crippen molar-refractivity contribution in [1.29, 1.82) is 0 Å². The zero-order chi connectivity index (χ0) is 20.9. The molecule has 30 heavy (non-hydrogen) atoms. The Labute approximate surface area is 180 Å². The van der Waals surface area contributed by atoms with E-state index in [0.29, 0.717) is 41.6 Å². The number of thioether (sulfide) groups is 1.